The molecule has 0 bridgehead atoms. The van der Waals surface area contributed by atoms with Gasteiger partial charge in [-0.3, -0.25) is 4.90 Å². The number of benzene rings is 2. The van der Waals surface area contributed by atoms with Crippen LogP contribution in [-0.2, 0) is 33.4 Å². The molecule has 6 rings (SSSR count). The van der Waals surface area contributed by atoms with Crippen molar-refractivity contribution >= 4 is 149 Å². The predicted octanol–water partition coefficient (Wildman–Crippen LogP) is 12.6. The van der Waals surface area contributed by atoms with Crippen molar-refractivity contribution in [1.29, 1.82) is 10.5 Å². The summed E-state index contributed by atoms with van der Waals surface area (Å²) in [6.07, 6.45) is -1.41. The first-order valence-corrected chi connectivity index (χ1v) is 20.7. The topological polar surface area (TPSA) is 248 Å². The molecule has 0 spiro atoms. The Morgan fingerprint density at radius 2 is 1.26 bits per heavy atom. The fraction of sp³-hybridized carbons (Fsp3) is 0.316. The molecule has 2 aromatic carbocycles. The molecule has 4 aromatic rings. The molecule has 0 saturated heterocycles. The van der Waals surface area contributed by atoms with Crippen LogP contribution in [0.2, 0.25) is 0 Å². The van der Waals surface area contributed by atoms with Gasteiger partial charge in [0, 0.05) is 37.0 Å². The van der Waals surface area contributed by atoms with Crippen LogP contribution >= 0.6 is 125 Å². The van der Waals surface area contributed by atoms with E-state index >= 15 is 0 Å². The maximum atomic E-state index is 12.6. The lowest BCUT2D eigenvalue weighted by molar-refractivity contribution is 0.0508. The van der Waals surface area contributed by atoms with Crippen molar-refractivity contribution in [2.45, 2.75) is 59.6 Å². The van der Waals surface area contributed by atoms with Crippen molar-refractivity contribution in [1.82, 2.24) is 21.4 Å². The van der Waals surface area contributed by atoms with E-state index in [0.717, 1.165) is 44.0 Å². The van der Waals surface area contributed by atoms with Gasteiger partial charge in [-0.2, -0.15) is 10.5 Å². The summed E-state index contributed by atoms with van der Waals surface area (Å²) in [5, 5.41) is 23.5. The van der Waals surface area contributed by atoms with E-state index in [4.69, 9.17) is 85.9 Å². The van der Waals surface area contributed by atoms with Gasteiger partial charge in [0.25, 0.3) is 0 Å². The van der Waals surface area contributed by atoms with Gasteiger partial charge in [-0.15, -0.1) is 24.0 Å². The minimum absolute atomic E-state index is 0. The number of rotatable bonds is 3. The fourth-order valence-corrected chi connectivity index (χ4v) is 6.27. The number of urea groups is 1. The number of aromatic nitrogens is 2. The number of nitriles is 2. The molecule has 2 aliphatic rings. The third-order valence-corrected chi connectivity index (χ3v) is 9.38. The predicted molar refractivity (Wildman–Crippen MR) is 262 cm³/mol. The number of ether oxygens (including phenoxy) is 2. The van der Waals surface area contributed by atoms with Gasteiger partial charge in [0.2, 0.25) is 0 Å². The average molecular weight is 1200 g/mol. The van der Waals surface area contributed by atoms with Crippen LogP contribution in [-0.4, -0.2) is 43.2 Å². The van der Waals surface area contributed by atoms with E-state index < -0.39 is 14.1 Å². The minimum Gasteiger partial charge on any atom is -0.693 e. The summed E-state index contributed by atoms with van der Waals surface area (Å²) in [6, 6.07) is 26.2. The molecular weight excluding hydrogens is 1160 g/mol. The molecule has 2 aliphatic heterocycles. The van der Waals surface area contributed by atoms with E-state index in [-0.39, 0.29) is 53.1 Å². The number of pyridine rings is 2. The molecule has 2 aromatic heterocycles. The molecule has 0 saturated carbocycles. The van der Waals surface area contributed by atoms with E-state index in [1.165, 1.54) is 5.69 Å². The van der Waals surface area contributed by atoms with Gasteiger partial charge in [-0.05, 0) is 161 Å². The SMILES string of the molecule is CC1(C)CN(C(=O)NCc2ccc(C#N)cc2)c2ccc(Br)nc21.CC1(C)CNc2ccc(Br)nc21.I.N.N#Cc1ccc(CN)cc1.O=C(OC(Cl)(Cl)Cl)OC(Cl)(Cl)Cl.[NH2-]. The van der Waals surface area contributed by atoms with E-state index in [1.807, 2.05) is 48.5 Å². The first-order chi connectivity index (χ1) is 27.0. The zero-order valence-corrected chi connectivity index (χ0v) is 43.0. The summed E-state index contributed by atoms with van der Waals surface area (Å²) < 4.78 is 5.19. The monoisotopic (exact) mass is 1200 g/mol. The molecule has 14 nitrogen and oxygen atoms in total. The highest BCUT2D eigenvalue weighted by atomic mass is 127. The summed E-state index contributed by atoms with van der Waals surface area (Å²) in [5.41, 5.74) is 12.7. The lowest BCUT2D eigenvalue weighted by Crippen LogP contribution is -2.41. The summed E-state index contributed by atoms with van der Waals surface area (Å²) in [4.78, 5) is 33.9. The number of nitrogens with one attached hydrogen (secondary N) is 2. The van der Waals surface area contributed by atoms with Crippen LogP contribution in [0.3, 0.4) is 0 Å². The highest BCUT2D eigenvalue weighted by Crippen LogP contribution is 2.40. The molecule has 0 atom stereocenters. The van der Waals surface area contributed by atoms with Crippen molar-refractivity contribution in [3.63, 3.8) is 0 Å². The summed E-state index contributed by atoms with van der Waals surface area (Å²) in [5.74, 6) is 0. The number of carbonyl (C=O) groups is 2. The number of nitrogens with two attached hydrogens (primary N) is 2. The second-order valence-electron chi connectivity index (χ2n) is 13.6. The van der Waals surface area contributed by atoms with E-state index in [0.29, 0.717) is 30.8 Å². The van der Waals surface area contributed by atoms with Gasteiger partial charge in [-0.25, -0.2) is 19.6 Å². The third kappa shape index (κ3) is 19.3. The van der Waals surface area contributed by atoms with E-state index in [2.05, 4.69) is 102 Å². The molecule has 0 unspecified atom stereocenters. The summed E-state index contributed by atoms with van der Waals surface area (Å²) in [7, 11) is 0. The van der Waals surface area contributed by atoms with Crippen molar-refractivity contribution in [3.8, 4) is 12.1 Å². The number of hydrogen-bond acceptors (Lipinski definition) is 11. The van der Waals surface area contributed by atoms with Gasteiger partial charge in [0.15, 0.2) is 0 Å². The van der Waals surface area contributed by atoms with Gasteiger partial charge >= 0.3 is 20.1 Å². The molecule has 0 fully saturated rings. The Balaban J connectivity index is 0.000000833. The van der Waals surface area contributed by atoms with Crippen LogP contribution in [0.15, 0.2) is 82.0 Å². The smallest absolute Gasteiger partial charge is 0.515 e. The molecule has 0 radical (unpaired) electrons. The summed E-state index contributed by atoms with van der Waals surface area (Å²) >= 11 is 37.0. The number of amides is 2. The molecule has 23 heteroatoms. The number of hydrogen-bond donors (Lipinski definition) is 4. The molecule has 0 aliphatic carbocycles. The molecule has 332 valence electrons. The number of fused-ring (bicyclic) bond motifs is 2. The standard InChI is InChI=1S/C18H17BrN4O.C9H11BrN2.C8H8N2.C3Cl6O3.HI.H3N.H2N/c1-18(2)11-23(14-7-8-15(19)22-16(14)18)17(24)21-10-13-5-3-12(9-20)4-6-13;1-9(2)5-11-6-3-4-7(10)12-8(6)9;9-5-7-1-2-8(6-10)4-3-7;4-2(5,6)11-1(10)12-3(7,8)9;;;/h3-8H,10-11H2,1-2H3,(H,21,24);3-4,11H,5H2,1-2H3;1-4H,5,9H2;;1H;1H3;1H2/q;;;;;;-1. The fourth-order valence-electron chi connectivity index (χ4n) is 5.27. The van der Waals surface area contributed by atoms with Crippen molar-refractivity contribution in [2.24, 2.45) is 5.73 Å². The maximum Gasteiger partial charge on any atom is 0.515 e. The normalized spacial score (nSPS) is 13.4. The zero-order chi connectivity index (χ0) is 43.5. The number of carbonyl (C=O) groups excluding carboxylic acids is 2. The first-order valence-electron chi connectivity index (χ1n) is 16.8. The lowest BCUT2D eigenvalue weighted by atomic mass is 9.91. The Kier molecular flexibility index (Phi) is 24.5. The van der Waals surface area contributed by atoms with Crippen molar-refractivity contribution in [3.05, 3.63) is 122 Å². The molecule has 9 N–H and O–H groups in total. The Morgan fingerprint density at radius 1 is 0.803 bits per heavy atom. The number of halogens is 9. The van der Waals surface area contributed by atoms with Crippen LogP contribution in [0.25, 0.3) is 6.15 Å². The highest BCUT2D eigenvalue weighted by Gasteiger charge is 2.39. The van der Waals surface area contributed by atoms with Gasteiger partial charge in [-0.1, -0.05) is 52.0 Å². The number of nitrogens with zero attached hydrogens (tertiary/aromatic N) is 5. The lowest BCUT2D eigenvalue weighted by Gasteiger charge is -2.20. The Bertz CT molecular complexity index is 2130. The van der Waals surface area contributed by atoms with Crippen LogP contribution < -0.4 is 27.4 Å². The third-order valence-electron chi connectivity index (χ3n) is 8.04. The van der Waals surface area contributed by atoms with Gasteiger partial charge in [0.1, 0.15) is 9.21 Å². The quantitative estimate of drug-likeness (QED) is 0.0650. The van der Waals surface area contributed by atoms with Crippen LogP contribution in [0.4, 0.5) is 21.0 Å². The van der Waals surface area contributed by atoms with Crippen molar-refractivity contribution < 1.29 is 19.1 Å². The second kappa shape index (κ2) is 25.6. The molecule has 2 amide bonds. The Hall–Kier alpha value is -2.63. The largest absolute Gasteiger partial charge is 0.693 e. The molecular formula is C38H42Br2Cl6IN10O4-. The zero-order valence-electron chi connectivity index (χ0n) is 32.9. The second-order valence-corrected chi connectivity index (χ2v) is 19.5. The number of anilines is 2. The van der Waals surface area contributed by atoms with Crippen LogP contribution in [0.5, 0.6) is 0 Å². The minimum atomic E-state index is -2.24. The van der Waals surface area contributed by atoms with E-state index in [9.17, 15) is 9.59 Å². The van der Waals surface area contributed by atoms with Crippen molar-refractivity contribution in [2.75, 3.05) is 23.3 Å². The molecule has 4 heterocycles. The van der Waals surface area contributed by atoms with Crippen LogP contribution in [0, 0.1) is 22.7 Å². The maximum absolute atomic E-state index is 12.6. The Labute approximate surface area is 418 Å². The average Bonchev–Trinajstić information content (AvgIpc) is 3.60. The first kappa shape index (κ1) is 58.4. The Morgan fingerprint density at radius 3 is 1.72 bits per heavy atom. The van der Waals surface area contributed by atoms with E-state index in [1.54, 1.807) is 29.2 Å². The molecule has 61 heavy (non-hydrogen) atoms. The van der Waals surface area contributed by atoms with Crippen LogP contribution in [0.1, 0.15) is 61.3 Å². The van der Waals surface area contributed by atoms with Gasteiger partial charge in [0.05, 0.1) is 46.0 Å². The van der Waals surface area contributed by atoms with Gasteiger partial charge < -0.3 is 38.1 Å². The highest BCUT2D eigenvalue weighted by molar-refractivity contribution is 14.0. The number of alkyl halides is 6. The summed E-state index contributed by atoms with van der Waals surface area (Å²) in [6.45, 7) is 11.1.